The molecule has 0 aromatic heterocycles. The van der Waals surface area contributed by atoms with Gasteiger partial charge in [-0.1, -0.05) is 44.2 Å². The second-order valence-corrected chi connectivity index (χ2v) is 5.43. The number of allylic oxidation sites excluding steroid dienone is 1. The minimum Gasteiger partial charge on any atom is -0.508 e. The van der Waals surface area contributed by atoms with Gasteiger partial charge >= 0.3 is 0 Å². The van der Waals surface area contributed by atoms with E-state index in [9.17, 15) is 9.50 Å². The van der Waals surface area contributed by atoms with Crippen LogP contribution in [0.1, 0.15) is 25.0 Å². The lowest BCUT2D eigenvalue weighted by Gasteiger charge is -2.12. The lowest BCUT2D eigenvalue weighted by Crippen LogP contribution is -1.98. The maximum atomic E-state index is 12.1. The van der Waals surface area contributed by atoms with Gasteiger partial charge in [0.2, 0.25) is 0 Å². The predicted octanol–water partition coefficient (Wildman–Crippen LogP) is 4.83. The average molecular weight is 300 g/mol. The number of ether oxygens (including phenoxy) is 1. The van der Waals surface area contributed by atoms with Gasteiger partial charge in [-0.05, 0) is 46.9 Å². The number of alkyl halides is 1. The largest absolute Gasteiger partial charge is 0.508 e. The molecule has 0 heterocycles. The fraction of sp³-hybridized carbons (Fsp3) is 0.263. The van der Waals surface area contributed by atoms with Crippen LogP contribution in [-0.4, -0.2) is 18.4 Å². The Morgan fingerprint density at radius 1 is 1.05 bits per heavy atom. The van der Waals surface area contributed by atoms with E-state index >= 15 is 0 Å². The maximum absolute atomic E-state index is 12.1. The topological polar surface area (TPSA) is 29.5 Å². The molecule has 0 amide bonds. The molecule has 0 saturated heterocycles. The molecule has 0 bridgehead atoms. The summed E-state index contributed by atoms with van der Waals surface area (Å²) in [6.07, 6.45) is 2.18. The zero-order valence-electron chi connectivity index (χ0n) is 12.9. The van der Waals surface area contributed by atoms with Gasteiger partial charge in [-0.25, -0.2) is 4.39 Å². The summed E-state index contributed by atoms with van der Waals surface area (Å²) in [6, 6.07) is 14.8. The molecular formula is C19H21FO2. The highest BCUT2D eigenvalue weighted by Crippen LogP contribution is 2.28. The van der Waals surface area contributed by atoms with E-state index in [2.05, 4.69) is 19.9 Å². The molecule has 2 nitrogen and oxygen atoms in total. The zero-order valence-corrected chi connectivity index (χ0v) is 12.9. The number of phenolic OH excluding ortho intramolecular Hbond substituents is 1. The quantitative estimate of drug-likeness (QED) is 0.828. The van der Waals surface area contributed by atoms with Gasteiger partial charge in [-0.15, -0.1) is 0 Å². The standard InChI is InChI=1S/C19H21FO2/c1-14(2)13-19(15-3-7-17(21)8-4-15)16-5-9-18(10-6-16)22-12-11-20/h3-10,13-14,21H,11-12H2,1-2H3/b19-13+. The van der Waals surface area contributed by atoms with Gasteiger partial charge in [0.15, 0.2) is 0 Å². The molecule has 0 saturated carbocycles. The molecule has 0 radical (unpaired) electrons. The van der Waals surface area contributed by atoms with Crippen LogP contribution in [0.4, 0.5) is 4.39 Å². The van der Waals surface area contributed by atoms with Crippen molar-refractivity contribution in [1.82, 2.24) is 0 Å². The maximum Gasteiger partial charge on any atom is 0.123 e. The lowest BCUT2D eigenvalue weighted by molar-refractivity contribution is 0.273. The van der Waals surface area contributed by atoms with Gasteiger partial charge in [0.25, 0.3) is 0 Å². The Balaban J connectivity index is 2.32. The molecule has 0 atom stereocenters. The fourth-order valence-electron chi connectivity index (χ4n) is 2.22. The number of phenols is 1. The summed E-state index contributed by atoms with van der Waals surface area (Å²) >= 11 is 0. The van der Waals surface area contributed by atoms with Crippen LogP contribution < -0.4 is 4.74 Å². The Morgan fingerprint density at radius 2 is 1.59 bits per heavy atom. The molecule has 116 valence electrons. The van der Waals surface area contributed by atoms with Gasteiger partial charge in [0.05, 0.1) is 0 Å². The number of halogens is 1. The number of benzene rings is 2. The van der Waals surface area contributed by atoms with Crippen LogP contribution in [0.15, 0.2) is 54.6 Å². The van der Waals surface area contributed by atoms with E-state index in [1.54, 1.807) is 12.1 Å². The zero-order chi connectivity index (χ0) is 15.9. The third-order valence-corrected chi connectivity index (χ3v) is 3.19. The van der Waals surface area contributed by atoms with Gasteiger partial charge in [-0.2, -0.15) is 0 Å². The average Bonchev–Trinajstić information content (AvgIpc) is 2.52. The van der Waals surface area contributed by atoms with Crippen molar-refractivity contribution in [2.24, 2.45) is 5.92 Å². The number of hydrogen-bond donors (Lipinski definition) is 1. The van der Waals surface area contributed by atoms with Crippen molar-refractivity contribution in [3.63, 3.8) is 0 Å². The Kier molecular flexibility index (Phi) is 5.59. The van der Waals surface area contributed by atoms with Crippen molar-refractivity contribution < 1.29 is 14.2 Å². The number of hydrogen-bond acceptors (Lipinski definition) is 2. The molecule has 2 aromatic carbocycles. The van der Waals surface area contributed by atoms with Crippen LogP contribution >= 0.6 is 0 Å². The molecule has 0 aliphatic carbocycles. The second kappa shape index (κ2) is 7.64. The molecule has 2 aromatic rings. The Labute approximate surface area is 130 Å². The highest BCUT2D eigenvalue weighted by atomic mass is 19.1. The second-order valence-electron chi connectivity index (χ2n) is 5.43. The predicted molar refractivity (Wildman–Crippen MR) is 87.9 cm³/mol. The molecule has 22 heavy (non-hydrogen) atoms. The summed E-state index contributed by atoms with van der Waals surface area (Å²) in [6.45, 7) is 3.83. The first-order chi connectivity index (χ1) is 10.6. The minimum atomic E-state index is -0.492. The molecule has 2 rings (SSSR count). The van der Waals surface area contributed by atoms with E-state index in [1.807, 2.05) is 36.4 Å². The highest BCUT2D eigenvalue weighted by molar-refractivity contribution is 5.80. The van der Waals surface area contributed by atoms with Crippen LogP contribution in [0, 0.1) is 5.92 Å². The molecular weight excluding hydrogens is 279 g/mol. The number of aromatic hydroxyl groups is 1. The molecule has 0 unspecified atom stereocenters. The minimum absolute atomic E-state index is 0.0754. The summed E-state index contributed by atoms with van der Waals surface area (Å²) in [5.41, 5.74) is 3.21. The third-order valence-electron chi connectivity index (χ3n) is 3.19. The van der Waals surface area contributed by atoms with Gasteiger partial charge in [0, 0.05) is 0 Å². The smallest absolute Gasteiger partial charge is 0.123 e. The summed E-state index contributed by atoms with van der Waals surface area (Å²) in [5, 5.41) is 9.44. The summed E-state index contributed by atoms with van der Waals surface area (Å²) in [5.74, 6) is 1.31. The van der Waals surface area contributed by atoms with E-state index in [0.717, 1.165) is 16.7 Å². The van der Waals surface area contributed by atoms with Crippen molar-refractivity contribution in [2.45, 2.75) is 13.8 Å². The molecule has 3 heteroatoms. The van der Waals surface area contributed by atoms with Crippen molar-refractivity contribution in [3.8, 4) is 11.5 Å². The van der Waals surface area contributed by atoms with Crippen molar-refractivity contribution in [3.05, 3.63) is 65.7 Å². The van der Waals surface area contributed by atoms with Gasteiger partial charge in [-0.3, -0.25) is 0 Å². The van der Waals surface area contributed by atoms with E-state index in [4.69, 9.17) is 4.74 Å². The van der Waals surface area contributed by atoms with Crippen molar-refractivity contribution >= 4 is 5.57 Å². The SMILES string of the molecule is CC(C)/C=C(\c1ccc(O)cc1)c1ccc(OCCF)cc1. The molecule has 1 N–H and O–H groups in total. The summed E-state index contributed by atoms with van der Waals surface area (Å²) < 4.78 is 17.4. The fourth-order valence-corrected chi connectivity index (χ4v) is 2.22. The molecule has 0 aliphatic rings. The summed E-state index contributed by atoms with van der Waals surface area (Å²) in [4.78, 5) is 0. The molecule has 0 spiro atoms. The highest BCUT2D eigenvalue weighted by Gasteiger charge is 2.07. The first kappa shape index (κ1) is 16.1. The normalized spacial score (nSPS) is 11.7. The van der Waals surface area contributed by atoms with Crippen molar-refractivity contribution in [1.29, 1.82) is 0 Å². The van der Waals surface area contributed by atoms with Crippen LogP contribution in [0.2, 0.25) is 0 Å². The summed E-state index contributed by atoms with van der Waals surface area (Å²) in [7, 11) is 0. The third kappa shape index (κ3) is 4.35. The van der Waals surface area contributed by atoms with Crippen LogP contribution in [-0.2, 0) is 0 Å². The lowest BCUT2D eigenvalue weighted by atomic mass is 9.94. The van der Waals surface area contributed by atoms with Crippen molar-refractivity contribution in [2.75, 3.05) is 13.3 Å². The van der Waals surface area contributed by atoms with Crippen LogP contribution in [0.25, 0.3) is 5.57 Å². The monoisotopic (exact) mass is 300 g/mol. The molecule has 0 fully saturated rings. The Morgan fingerprint density at radius 3 is 2.09 bits per heavy atom. The first-order valence-electron chi connectivity index (χ1n) is 7.40. The Bertz CT molecular complexity index is 613. The Hall–Kier alpha value is -2.29. The van der Waals surface area contributed by atoms with Crippen LogP contribution in [0.5, 0.6) is 11.5 Å². The first-order valence-corrected chi connectivity index (χ1v) is 7.40. The van der Waals surface area contributed by atoms with E-state index in [1.165, 1.54) is 0 Å². The van der Waals surface area contributed by atoms with Crippen LogP contribution in [0.3, 0.4) is 0 Å². The van der Waals surface area contributed by atoms with E-state index in [0.29, 0.717) is 11.7 Å². The number of rotatable bonds is 6. The van der Waals surface area contributed by atoms with Gasteiger partial charge < -0.3 is 9.84 Å². The van der Waals surface area contributed by atoms with E-state index < -0.39 is 6.67 Å². The molecule has 0 aliphatic heterocycles. The van der Waals surface area contributed by atoms with E-state index in [-0.39, 0.29) is 12.4 Å². The van der Waals surface area contributed by atoms with Gasteiger partial charge in [0.1, 0.15) is 24.8 Å².